The van der Waals surface area contributed by atoms with E-state index in [4.69, 9.17) is 4.74 Å². The summed E-state index contributed by atoms with van der Waals surface area (Å²) in [7, 11) is -4.53. The second-order valence-electron chi connectivity index (χ2n) is 12.3. The number of benzene rings is 2. The Bertz CT molecular complexity index is 1570. The number of nitrogens with one attached hydrogen (secondary N) is 1. The first kappa shape index (κ1) is 35.9. The number of carbonyl (C=O) groups is 2. The van der Waals surface area contributed by atoms with Gasteiger partial charge in [0.1, 0.15) is 10.6 Å². The normalized spacial score (nSPS) is 22.8. The highest BCUT2D eigenvalue weighted by molar-refractivity contribution is 7.92. The first-order valence-electron chi connectivity index (χ1n) is 15.3. The number of ether oxygens (including phenoxy) is 1. The number of piperazine rings is 1. The van der Waals surface area contributed by atoms with E-state index in [1.165, 1.54) is 16.7 Å². The van der Waals surface area contributed by atoms with Gasteiger partial charge in [0, 0.05) is 58.3 Å². The number of likely N-dealkylation sites (tertiary alicyclic amines) is 1. The second kappa shape index (κ2) is 13.1. The lowest BCUT2D eigenvalue weighted by atomic mass is 9.88. The van der Waals surface area contributed by atoms with E-state index in [9.17, 15) is 48.7 Å². The van der Waals surface area contributed by atoms with Crippen molar-refractivity contribution in [3.8, 4) is 0 Å². The SMILES string of the molecule is CC(=O)N1CCN(C(=O)N2CC[C@](c3ccc(C(OCC4CCNC4)(C(F)(F)F)C(F)(F)F)cc3)(S(=O)(=O)c3ccc(F)cc3)C2)CC1. The summed E-state index contributed by atoms with van der Waals surface area (Å²) in [6, 6.07) is 6.22. The van der Waals surface area contributed by atoms with Crippen LogP contribution in [0.15, 0.2) is 53.4 Å². The summed E-state index contributed by atoms with van der Waals surface area (Å²) in [5.41, 5.74) is -6.12. The number of carbonyl (C=O) groups excluding carboxylic acids is 2. The fraction of sp³-hybridized carbons (Fsp3) is 0.548. The van der Waals surface area contributed by atoms with Crippen LogP contribution in [0.3, 0.4) is 0 Å². The van der Waals surface area contributed by atoms with E-state index >= 15 is 0 Å². The Balaban J connectivity index is 1.53. The summed E-state index contributed by atoms with van der Waals surface area (Å²) in [5.74, 6) is -1.48. The molecule has 0 saturated carbocycles. The van der Waals surface area contributed by atoms with Gasteiger partial charge >= 0.3 is 18.4 Å². The fourth-order valence-corrected chi connectivity index (χ4v) is 8.73. The topological polar surface area (TPSA) is 99.3 Å². The number of halogens is 7. The highest BCUT2D eigenvalue weighted by Gasteiger charge is 2.73. The van der Waals surface area contributed by atoms with Crippen molar-refractivity contribution < 1.29 is 53.5 Å². The number of urea groups is 1. The van der Waals surface area contributed by atoms with Gasteiger partial charge in [-0.05, 0) is 55.1 Å². The molecular formula is C31H35F7N4O5S. The molecule has 0 aromatic heterocycles. The summed E-state index contributed by atoms with van der Waals surface area (Å²) in [6.07, 6.45) is -11.8. The maximum Gasteiger partial charge on any atom is 0.430 e. The van der Waals surface area contributed by atoms with Crippen LogP contribution in [0.2, 0.25) is 0 Å². The molecule has 1 N–H and O–H groups in total. The van der Waals surface area contributed by atoms with Gasteiger partial charge in [-0.15, -0.1) is 0 Å². The number of amides is 3. The van der Waals surface area contributed by atoms with Crippen molar-refractivity contribution in [3.05, 3.63) is 65.5 Å². The molecule has 0 radical (unpaired) electrons. The molecule has 0 spiro atoms. The van der Waals surface area contributed by atoms with Crippen LogP contribution in [0, 0.1) is 11.7 Å². The zero-order chi connectivity index (χ0) is 35.1. The zero-order valence-electron chi connectivity index (χ0n) is 25.9. The van der Waals surface area contributed by atoms with Crippen molar-refractivity contribution in [3.63, 3.8) is 0 Å². The first-order chi connectivity index (χ1) is 22.4. The third kappa shape index (κ3) is 6.35. The molecule has 2 aromatic carbocycles. The van der Waals surface area contributed by atoms with Crippen molar-refractivity contribution >= 4 is 21.8 Å². The van der Waals surface area contributed by atoms with Crippen molar-refractivity contribution in [2.75, 3.05) is 59.0 Å². The largest absolute Gasteiger partial charge is 0.430 e. The van der Waals surface area contributed by atoms with Crippen LogP contribution in [0.4, 0.5) is 35.5 Å². The number of hydrogen-bond donors (Lipinski definition) is 1. The summed E-state index contributed by atoms with van der Waals surface area (Å²) >= 11 is 0. The molecule has 0 aliphatic carbocycles. The average molecular weight is 709 g/mol. The van der Waals surface area contributed by atoms with Crippen LogP contribution in [0.1, 0.15) is 30.9 Å². The number of sulfone groups is 1. The van der Waals surface area contributed by atoms with Crippen molar-refractivity contribution in [2.45, 2.75) is 47.4 Å². The van der Waals surface area contributed by atoms with E-state index < -0.39 is 69.0 Å². The summed E-state index contributed by atoms with van der Waals surface area (Å²) < 4.78 is 132. The molecule has 3 aliphatic rings. The molecular weight excluding hydrogens is 673 g/mol. The van der Waals surface area contributed by atoms with Gasteiger partial charge in [0.25, 0.3) is 5.60 Å². The van der Waals surface area contributed by atoms with Gasteiger partial charge < -0.3 is 24.8 Å². The monoisotopic (exact) mass is 708 g/mol. The molecule has 3 heterocycles. The highest BCUT2D eigenvalue weighted by Crippen LogP contribution is 2.54. The third-order valence-electron chi connectivity index (χ3n) is 9.45. The Morgan fingerprint density at radius 2 is 1.46 bits per heavy atom. The molecule has 3 saturated heterocycles. The second-order valence-corrected chi connectivity index (χ2v) is 14.6. The number of hydrogen-bond acceptors (Lipinski definition) is 6. The summed E-state index contributed by atoms with van der Waals surface area (Å²) in [4.78, 5) is 29.2. The quantitative estimate of drug-likeness (QED) is 0.338. The van der Waals surface area contributed by atoms with Gasteiger partial charge in [0.05, 0.1) is 11.5 Å². The van der Waals surface area contributed by atoms with Gasteiger partial charge in [0.2, 0.25) is 5.91 Å². The van der Waals surface area contributed by atoms with Crippen LogP contribution in [0.25, 0.3) is 0 Å². The number of rotatable bonds is 7. The molecule has 48 heavy (non-hydrogen) atoms. The van der Waals surface area contributed by atoms with Crippen LogP contribution in [-0.2, 0) is 29.7 Å². The van der Waals surface area contributed by atoms with E-state index in [0.717, 1.165) is 36.4 Å². The Kier molecular flexibility index (Phi) is 9.80. The van der Waals surface area contributed by atoms with E-state index in [1.807, 2.05) is 0 Å². The van der Waals surface area contributed by atoms with Gasteiger partial charge in [-0.1, -0.05) is 24.3 Å². The molecule has 2 aromatic rings. The average Bonchev–Trinajstić information content (AvgIpc) is 3.72. The van der Waals surface area contributed by atoms with Gasteiger partial charge in [0.15, 0.2) is 9.84 Å². The minimum absolute atomic E-state index is 0.110. The Morgan fingerprint density at radius 3 is 1.98 bits per heavy atom. The van der Waals surface area contributed by atoms with E-state index in [2.05, 4.69) is 5.32 Å². The minimum Gasteiger partial charge on any atom is -0.354 e. The summed E-state index contributed by atoms with van der Waals surface area (Å²) in [6.45, 7) is 1.46. The lowest BCUT2D eigenvalue weighted by Gasteiger charge is -2.38. The lowest BCUT2D eigenvalue weighted by molar-refractivity contribution is -0.391. The third-order valence-corrected chi connectivity index (χ3v) is 11.9. The lowest BCUT2D eigenvalue weighted by Crippen LogP contribution is -2.56. The molecule has 3 amide bonds. The molecule has 5 rings (SSSR count). The number of alkyl halides is 6. The smallest absolute Gasteiger partial charge is 0.354 e. The predicted molar refractivity (Wildman–Crippen MR) is 158 cm³/mol. The Labute approximate surface area is 272 Å². The van der Waals surface area contributed by atoms with Gasteiger partial charge in [-0.25, -0.2) is 17.6 Å². The van der Waals surface area contributed by atoms with E-state index in [1.54, 1.807) is 4.90 Å². The number of nitrogens with zero attached hydrogens (tertiary/aromatic N) is 3. The van der Waals surface area contributed by atoms with Crippen molar-refractivity contribution in [2.24, 2.45) is 5.92 Å². The van der Waals surface area contributed by atoms with Gasteiger partial charge in [-0.3, -0.25) is 4.79 Å². The maximum atomic E-state index is 14.5. The zero-order valence-corrected chi connectivity index (χ0v) is 26.7. The predicted octanol–water partition coefficient (Wildman–Crippen LogP) is 4.43. The Hall–Kier alpha value is -3.44. The van der Waals surface area contributed by atoms with Crippen LogP contribution in [0.5, 0.6) is 0 Å². The molecule has 9 nitrogen and oxygen atoms in total. The van der Waals surface area contributed by atoms with Gasteiger partial charge in [-0.2, -0.15) is 26.3 Å². The molecule has 1 unspecified atom stereocenters. The molecule has 264 valence electrons. The molecule has 2 atom stereocenters. The van der Waals surface area contributed by atoms with Crippen molar-refractivity contribution in [1.29, 1.82) is 0 Å². The van der Waals surface area contributed by atoms with Crippen LogP contribution < -0.4 is 5.32 Å². The van der Waals surface area contributed by atoms with Crippen LogP contribution in [-0.4, -0.2) is 106 Å². The Morgan fingerprint density at radius 1 is 0.875 bits per heavy atom. The van der Waals surface area contributed by atoms with Crippen molar-refractivity contribution in [1.82, 2.24) is 20.0 Å². The first-order valence-corrected chi connectivity index (χ1v) is 16.8. The van der Waals surface area contributed by atoms with E-state index in [0.29, 0.717) is 25.1 Å². The molecule has 0 bridgehead atoms. The molecule has 3 aliphatic heterocycles. The van der Waals surface area contributed by atoms with E-state index in [-0.39, 0.29) is 62.1 Å². The fourth-order valence-electron chi connectivity index (χ4n) is 6.65. The van der Waals surface area contributed by atoms with Crippen LogP contribution >= 0.6 is 0 Å². The summed E-state index contributed by atoms with van der Waals surface area (Å²) in [5, 5.41) is 2.87. The standard InChI is InChI=1S/C31H35F7N4O5S/c1-21(43)40-14-16-41(17-15-40)27(44)42-13-11-28(20-42,48(45,46)26-8-6-25(32)7-9-26)23-2-4-24(5-3-23)29(30(33,34)35,31(36,37)38)47-19-22-10-12-39-18-22/h2-9,22,39H,10-20H2,1H3/t22?,28-/m0/s1. The molecule has 3 fully saturated rings. The maximum absolute atomic E-state index is 14.5. The highest BCUT2D eigenvalue weighted by atomic mass is 32.2. The minimum atomic E-state index is -5.93. The molecule has 17 heteroatoms.